The van der Waals surface area contributed by atoms with Crippen molar-refractivity contribution in [1.82, 2.24) is 10.3 Å². The lowest BCUT2D eigenvalue weighted by atomic mass is 9.96. The van der Waals surface area contributed by atoms with Gasteiger partial charge in [-0.2, -0.15) is 0 Å². The molecule has 3 aromatic rings. The number of nitrogens with zero attached hydrogens (tertiary/aromatic N) is 1. The molecule has 1 aromatic heterocycles. The number of aryl methyl sites for hydroxylation is 1. The third-order valence-electron chi connectivity index (χ3n) is 4.26. The zero-order valence-electron chi connectivity index (χ0n) is 12.1. The summed E-state index contributed by atoms with van der Waals surface area (Å²) >= 11 is 0. The monoisotopic (exact) mass is 278 g/mol. The maximum Gasteiger partial charge on any atom is 0.212 e. The van der Waals surface area contributed by atoms with Gasteiger partial charge in [0.25, 0.3) is 0 Å². The lowest BCUT2D eigenvalue weighted by Gasteiger charge is -2.23. The van der Waals surface area contributed by atoms with Gasteiger partial charge in [-0.3, -0.25) is 0 Å². The molecule has 0 bridgehead atoms. The maximum absolute atomic E-state index is 5.95. The van der Waals surface area contributed by atoms with Crippen LogP contribution >= 0.6 is 0 Å². The lowest BCUT2D eigenvalue weighted by Crippen LogP contribution is -2.28. The number of aromatic nitrogens is 1. The fourth-order valence-corrected chi connectivity index (χ4v) is 2.99. The van der Waals surface area contributed by atoms with Gasteiger partial charge in [0.15, 0.2) is 5.58 Å². The van der Waals surface area contributed by atoms with Gasteiger partial charge in [-0.25, -0.2) is 4.98 Å². The molecule has 2 heterocycles. The standard InChI is InChI=1S/C18H18N2O/c1-2-12-7-8-17-15(9-12)20-18(21-17)16-10-13-5-3-4-6-14(13)11-19-16/h3-9,16,19H,2,10-11H2,1H3. The third kappa shape index (κ3) is 2.24. The number of hydrogen-bond donors (Lipinski definition) is 1. The van der Waals surface area contributed by atoms with Crippen molar-refractivity contribution < 1.29 is 4.42 Å². The van der Waals surface area contributed by atoms with E-state index in [2.05, 4.69) is 53.6 Å². The van der Waals surface area contributed by atoms with Crippen molar-refractivity contribution in [3.05, 3.63) is 65.0 Å². The van der Waals surface area contributed by atoms with E-state index in [0.29, 0.717) is 0 Å². The number of nitrogens with one attached hydrogen (secondary N) is 1. The number of rotatable bonds is 2. The first kappa shape index (κ1) is 12.6. The highest BCUT2D eigenvalue weighted by atomic mass is 16.3. The smallest absolute Gasteiger partial charge is 0.212 e. The first-order chi connectivity index (χ1) is 10.3. The SMILES string of the molecule is CCc1ccc2oc(C3Cc4ccccc4CN3)nc2c1. The molecule has 21 heavy (non-hydrogen) atoms. The van der Waals surface area contributed by atoms with Crippen LogP contribution in [0.1, 0.15) is 35.5 Å². The van der Waals surface area contributed by atoms with Crippen molar-refractivity contribution in [3.63, 3.8) is 0 Å². The minimum Gasteiger partial charge on any atom is -0.439 e. The minimum atomic E-state index is 0.164. The molecule has 4 rings (SSSR count). The molecule has 3 nitrogen and oxygen atoms in total. The summed E-state index contributed by atoms with van der Waals surface area (Å²) in [6.45, 7) is 3.03. The van der Waals surface area contributed by atoms with Crippen molar-refractivity contribution in [2.75, 3.05) is 0 Å². The maximum atomic E-state index is 5.95. The van der Waals surface area contributed by atoms with Crippen LogP contribution in [0.2, 0.25) is 0 Å². The number of benzene rings is 2. The Hall–Kier alpha value is -2.13. The van der Waals surface area contributed by atoms with Gasteiger partial charge in [0.2, 0.25) is 5.89 Å². The molecule has 106 valence electrons. The molecule has 2 aromatic carbocycles. The Balaban J connectivity index is 1.68. The van der Waals surface area contributed by atoms with Gasteiger partial charge < -0.3 is 9.73 Å². The van der Waals surface area contributed by atoms with Gasteiger partial charge in [-0.05, 0) is 41.7 Å². The van der Waals surface area contributed by atoms with Crippen LogP contribution in [-0.2, 0) is 19.4 Å². The van der Waals surface area contributed by atoms with E-state index in [1.807, 2.05) is 6.07 Å². The van der Waals surface area contributed by atoms with Crippen LogP contribution in [0.15, 0.2) is 46.9 Å². The van der Waals surface area contributed by atoms with Gasteiger partial charge in [0, 0.05) is 6.54 Å². The fraction of sp³-hybridized carbons (Fsp3) is 0.278. The highest BCUT2D eigenvalue weighted by Gasteiger charge is 2.23. The van der Waals surface area contributed by atoms with E-state index in [9.17, 15) is 0 Å². The average Bonchev–Trinajstić information content (AvgIpc) is 2.97. The molecule has 0 aliphatic carbocycles. The first-order valence-electron chi connectivity index (χ1n) is 7.53. The molecule has 0 saturated carbocycles. The topological polar surface area (TPSA) is 38.1 Å². The molecule has 0 spiro atoms. The van der Waals surface area contributed by atoms with E-state index >= 15 is 0 Å². The average molecular weight is 278 g/mol. The highest BCUT2D eigenvalue weighted by molar-refractivity contribution is 5.73. The Kier molecular flexibility index (Phi) is 3.00. The Morgan fingerprint density at radius 3 is 2.90 bits per heavy atom. The summed E-state index contributed by atoms with van der Waals surface area (Å²) in [7, 11) is 0. The van der Waals surface area contributed by atoms with Gasteiger partial charge >= 0.3 is 0 Å². The predicted molar refractivity (Wildman–Crippen MR) is 83.1 cm³/mol. The van der Waals surface area contributed by atoms with Crippen molar-refractivity contribution in [2.45, 2.75) is 32.4 Å². The third-order valence-corrected chi connectivity index (χ3v) is 4.26. The molecule has 3 heteroatoms. The molecule has 0 radical (unpaired) electrons. The fourth-order valence-electron chi connectivity index (χ4n) is 2.99. The Morgan fingerprint density at radius 1 is 1.19 bits per heavy atom. The van der Waals surface area contributed by atoms with E-state index in [0.717, 1.165) is 36.4 Å². The van der Waals surface area contributed by atoms with Crippen LogP contribution < -0.4 is 5.32 Å². The quantitative estimate of drug-likeness (QED) is 0.775. The predicted octanol–water partition coefficient (Wildman–Crippen LogP) is 3.78. The second-order valence-electron chi connectivity index (χ2n) is 5.61. The zero-order valence-corrected chi connectivity index (χ0v) is 12.1. The van der Waals surface area contributed by atoms with E-state index < -0.39 is 0 Å². The summed E-state index contributed by atoms with van der Waals surface area (Å²) in [5.41, 5.74) is 5.90. The van der Waals surface area contributed by atoms with E-state index in [4.69, 9.17) is 4.42 Å². The van der Waals surface area contributed by atoms with Crippen molar-refractivity contribution >= 4 is 11.1 Å². The van der Waals surface area contributed by atoms with Gasteiger partial charge in [-0.15, -0.1) is 0 Å². The van der Waals surface area contributed by atoms with E-state index in [1.54, 1.807) is 0 Å². The molecular formula is C18H18N2O. The Morgan fingerprint density at radius 2 is 2.05 bits per heavy atom. The van der Waals surface area contributed by atoms with Gasteiger partial charge in [0.1, 0.15) is 5.52 Å². The number of hydrogen-bond acceptors (Lipinski definition) is 3. The minimum absolute atomic E-state index is 0.164. The van der Waals surface area contributed by atoms with Crippen LogP contribution in [0.4, 0.5) is 0 Å². The van der Waals surface area contributed by atoms with Crippen LogP contribution in [0.25, 0.3) is 11.1 Å². The summed E-state index contributed by atoms with van der Waals surface area (Å²) in [5, 5.41) is 3.52. The molecule has 1 unspecified atom stereocenters. The summed E-state index contributed by atoms with van der Waals surface area (Å²) in [5.74, 6) is 0.799. The van der Waals surface area contributed by atoms with Crippen molar-refractivity contribution in [3.8, 4) is 0 Å². The second kappa shape index (κ2) is 5.01. The second-order valence-corrected chi connectivity index (χ2v) is 5.61. The largest absolute Gasteiger partial charge is 0.439 e. The van der Waals surface area contributed by atoms with Gasteiger partial charge in [0.05, 0.1) is 6.04 Å². The molecule has 0 saturated heterocycles. The van der Waals surface area contributed by atoms with E-state index in [-0.39, 0.29) is 6.04 Å². The lowest BCUT2D eigenvalue weighted by molar-refractivity contribution is 0.395. The molecular weight excluding hydrogens is 260 g/mol. The molecule has 1 atom stereocenters. The number of oxazole rings is 1. The van der Waals surface area contributed by atoms with Crippen LogP contribution in [0.5, 0.6) is 0 Å². The number of fused-ring (bicyclic) bond motifs is 2. The van der Waals surface area contributed by atoms with Crippen LogP contribution in [0.3, 0.4) is 0 Å². The zero-order chi connectivity index (χ0) is 14.2. The normalized spacial score (nSPS) is 17.9. The Labute approximate surface area is 124 Å². The summed E-state index contributed by atoms with van der Waals surface area (Å²) in [4.78, 5) is 4.69. The summed E-state index contributed by atoms with van der Waals surface area (Å²) in [6.07, 6.45) is 1.96. The Bertz CT molecular complexity index is 791. The summed E-state index contributed by atoms with van der Waals surface area (Å²) < 4.78 is 5.95. The van der Waals surface area contributed by atoms with Gasteiger partial charge in [-0.1, -0.05) is 37.3 Å². The van der Waals surface area contributed by atoms with Crippen molar-refractivity contribution in [2.24, 2.45) is 0 Å². The molecule has 1 aliphatic heterocycles. The molecule has 0 amide bonds. The first-order valence-corrected chi connectivity index (χ1v) is 7.53. The molecule has 0 fully saturated rings. The van der Waals surface area contributed by atoms with Crippen LogP contribution in [-0.4, -0.2) is 4.98 Å². The van der Waals surface area contributed by atoms with Crippen LogP contribution in [0, 0.1) is 0 Å². The summed E-state index contributed by atoms with van der Waals surface area (Å²) in [6, 6.07) is 15.0. The van der Waals surface area contributed by atoms with E-state index in [1.165, 1.54) is 16.7 Å². The molecule has 1 N–H and O–H groups in total. The molecule has 1 aliphatic rings. The van der Waals surface area contributed by atoms with Crippen molar-refractivity contribution in [1.29, 1.82) is 0 Å². The highest BCUT2D eigenvalue weighted by Crippen LogP contribution is 2.28.